The van der Waals surface area contributed by atoms with E-state index in [0.29, 0.717) is 0 Å². The van der Waals surface area contributed by atoms with Crippen LogP contribution in [0.1, 0.15) is 28.4 Å². The number of hydrogen-bond acceptors (Lipinski definition) is 4. The molecule has 0 radical (unpaired) electrons. The summed E-state index contributed by atoms with van der Waals surface area (Å²) in [5.41, 5.74) is -5.05. The first kappa shape index (κ1) is 16.7. The Morgan fingerprint density at radius 2 is 2.15 bits per heavy atom. The molecule has 8 heteroatoms. The van der Waals surface area contributed by atoms with Crippen LogP contribution in [0.15, 0.2) is 17.0 Å². The van der Waals surface area contributed by atoms with Gasteiger partial charge in [0.05, 0.1) is 17.7 Å². The van der Waals surface area contributed by atoms with E-state index >= 15 is 0 Å². The Labute approximate surface area is 122 Å². The van der Waals surface area contributed by atoms with Crippen molar-refractivity contribution in [3.63, 3.8) is 0 Å². The highest BCUT2D eigenvalue weighted by Crippen LogP contribution is 2.42. The maximum absolute atomic E-state index is 12.6. The second-order valence-electron chi connectivity index (χ2n) is 3.49. The molecule has 0 fully saturated rings. The quantitative estimate of drug-likeness (QED) is 0.476. The molecule has 0 spiro atoms. The van der Waals surface area contributed by atoms with Gasteiger partial charge in [-0.25, -0.2) is 4.79 Å². The number of ether oxygens (including phenoxy) is 1. The standard InChI is InChI=1S/C12H9ClF3NO2S/c1-2-19-11(18)9-8(6-17)4-3-7(5-13)10(9)20-12(14,15)16/h3-4H,2,5H2,1H3. The molecule has 0 amide bonds. The normalized spacial score (nSPS) is 11.0. The van der Waals surface area contributed by atoms with Crippen LogP contribution < -0.4 is 0 Å². The number of benzene rings is 1. The fourth-order valence-electron chi connectivity index (χ4n) is 1.46. The number of carbonyl (C=O) groups is 1. The molecule has 0 aliphatic rings. The monoisotopic (exact) mass is 323 g/mol. The fraction of sp³-hybridized carbons (Fsp3) is 0.333. The summed E-state index contributed by atoms with van der Waals surface area (Å²) in [4.78, 5) is 11.4. The van der Waals surface area contributed by atoms with Crippen LogP contribution in [-0.4, -0.2) is 18.1 Å². The van der Waals surface area contributed by atoms with E-state index in [1.807, 2.05) is 0 Å². The Balaban J connectivity index is 3.49. The second-order valence-corrected chi connectivity index (χ2v) is 4.83. The van der Waals surface area contributed by atoms with Gasteiger partial charge in [0.2, 0.25) is 0 Å². The number of nitrogens with zero attached hydrogens (tertiary/aromatic N) is 1. The molecule has 0 unspecified atom stereocenters. The van der Waals surface area contributed by atoms with E-state index in [4.69, 9.17) is 21.6 Å². The number of thioether (sulfide) groups is 1. The van der Waals surface area contributed by atoms with Gasteiger partial charge in [0, 0.05) is 10.8 Å². The van der Waals surface area contributed by atoms with Crippen molar-refractivity contribution < 1.29 is 22.7 Å². The number of carbonyl (C=O) groups excluding carboxylic acids is 1. The average molecular weight is 324 g/mol. The third kappa shape index (κ3) is 4.05. The Kier molecular flexibility index (Phi) is 5.72. The molecule has 1 aromatic rings. The fourth-order valence-corrected chi connectivity index (χ4v) is 2.56. The Bertz CT molecular complexity index is 555. The minimum absolute atomic E-state index is 0.00900. The molecule has 0 aliphatic carbocycles. The summed E-state index contributed by atoms with van der Waals surface area (Å²) in [6, 6.07) is 4.24. The highest BCUT2D eigenvalue weighted by Gasteiger charge is 2.34. The molecule has 0 N–H and O–H groups in total. The maximum Gasteiger partial charge on any atom is 0.446 e. The van der Waals surface area contributed by atoms with Gasteiger partial charge in [-0.1, -0.05) is 6.07 Å². The summed E-state index contributed by atoms with van der Waals surface area (Å²) in [5.74, 6) is -1.18. The molecular formula is C12H9ClF3NO2S. The zero-order valence-electron chi connectivity index (χ0n) is 10.3. The van der Waals surface area contributed by atoms with Crippen LogP contribution in [0.25, 0.3) is 0 Å². The van der Waals surface area contributed by atoms with E-state index < -0.39 is 28.8 Å². The molecule has 1 aromatic carbocycles. The van der Waals surface area contributed by atoms with Gasteiger partial charge in [0.25, 0.3) is 0 Å². The van der Waals surface area contributed by atoms with E-state index in [-0.39, 0.29) is 28.5 Å². The molecule has 0 bridgehead atoms. The number of esters is 1. The summed E-state index contributed by atoms with van der Waals surface area (Å²) in [6.45, 7) is 1.51. The number of alkyl halides is 4. The average Bonchev–Trinajstić information content (AvgIpc) is 2.36. The van der Waals surface area contributed by atoms with Crippen LogP contribution in [0.4, 0.5) is 13.2 Å². The molecule has 108 valence electrons. The summed E-state index contributed by atoms with van der Waals surface area (Å²) < 4.78 is 42.5. The minimum Gasteiger partial charge on any atom is -0.462 e. The van der Waals surface area contributed by atoms with Gasteiger partial charge in [-0.15, -0.1) is 11.6 Å². The highest BCUT2D eigenvalue weighted by atomic mass is 35.5. The van der Waals surface area contributed by atoms with E-state index in [1.165, 1.54) is 19.1 Å². The first-order valence-corrected chi connectivity index (χ1v) is 6.74. The molecule has 20 heavy (non-hydrogen) atoms. The Hall–Kier alpha value is -1.39. The van der Waals surface area contributed by atoms with E-state index in [2.05, 4.69) is 0 Å². The van der Waals surface area contributed by atoms with Crippen molar-refractivity contribution in [2.45, 2.75) is 23.2 Å². The van der Waals surface area contributed by atoms with Crippen molar-refractivity contribution in [2.75, 3.05) is 6.61 Å². The minimum atomic E-state index is -4.60. The second kappa shape index (κ2) is 6.86. The molecule has 0 heterocycles. The smallest absolute Gasteiger partial charge is 0.446 e. The topological polar surface area (TPSA) is 50.1 Å². The lowest BCUT2D eigenvalue weighted by Gasteiger charge is -2.15. The van der Waals surface area contributed by atoms with Crippen LogP contribution >= 0.6 is 23.4 Å². The van der Waals surface area contributed by atoms with Gasteiger partial charge in [0.15, 0.2) is 0 Å². The van der Waals surface area contributed by atoms with Crippen molar-refractivity contribution in [2.24, 2.45) is 0 Å². The van der Waals surface area contributed by atoms with Crippen molar-refractivity contribution in [1.29, 1.82) is 5.26 Å². The van der Waals surface area contributed by atoms with Crippen molar-refractivity contribution in [3.8, 4) is 6.07 Å². The zero-order chi connectivity index (χ0) is 15.3. The molecule has 0 saturated heterocycles. The first-order chi connectivity index (χ1) is 9.34. The number of nitriles is 1. The number of halogens is 4. The molecule has 0 atom stereocenters. The lowest BCUT2D eigenvalue weighted by atomic mass is 10.1. The molecular weight excluding hydrogens is 315 g/mol. The van der Waals surface area contributed by atoms with Crippen molar-refractivity contribution in [1.82, 2.24) is 0 Å². The molecule has 1 rings (SSSR count). The van der Waals surface area contributed by atoms with Gasteiger partial charge in [0.1, 0.15) is 6.07 Å². The van der Waals surface area contributed by atoms with Gasteiger partial charge in [-0.05, 0) is 30.3 Å². The summed E-state index contributed by atoms with van der Waals surface area (Å²) in [5, 5.41) is 8.94. The molecule has 0 aliphatic heterocycles. The van der Waals surface area contributed by atoms with Crippen LogP contribution in [0.3, 0.4) is 0 Å². The van der Waals surface area contributed by atoms with Gasteiger partial charge >= 0.3 is 11.5 Å². The van der Waals surface area contributed by atoms with E-state index in [9.17, 15) is 18.0 Å². The highest BCUT2D eigenvalue weighted by molar-refractivity contribution is 8.00. The number of rotatable bonds is 4. The van der Waals surface area contributed by atoms with E-state index in [0.717, 1.165) is 0 Å². The zero-order valence-corrected chi connectivity index (χ0v) is 11.8. The summed E-state index contributed by atoms with van der Waals surface area (Å²) in [7, 11) is 0. The largest absolute Gasteiger partial charge is 0.462 e. The maximum atomic E-state index is 12.6. The van der Waals surface area contributed by atoms with Crippen molar-refractivity contribution >= 4 is 29.3 Å². The lowest BCUT2D eigenvalue weighted by molar-refractivity contribution is -0.0328. The Morgan fingerprint density at radius 3 is 2.60 bits per heavy atom. The van der Waals surface area contributed by atoms with Crippen molar-refractivity contribution in [3.05, 3.63) is 28.8 Å². The van der Waals surface area contributed by atoms with Crippen LogP contribution in [0.5, 0.6) is 0 Å². The molecule has 3 nitrogen and oxygen atoms in total. The third-order valence-electron chi connectivity index (χ3n) is 2.20. The number of hydrogen-bond donors (Lipinski definition) is 0. The van der Waals surface area contributed by atoms with Gasteiger partial charge in [-0.2, -0.15) is 18.4 Å². The van der Waals surface area contributed by atoms with E-state index in [1.54, 1.807) is 6.07 Å². The van der Waals surface area contributed by atoms with Crippen LogP contribution in [-0.2, 0) is 10.6 Å². The lowest BCUT2D eigenvalue weighted by Crippen LogP contribution is -2.12. The summed E-state index contributed by atoms with van der Waals surface area (Å²) in [6.07, 6.45) is 0. The third-order valence-corrected chi connectivity index (χ3v) is 3.39. The molecule has 0 aromatic heterocycles. The first-order valence-electron chi connectivity index (χ1n) is 5.38. The van der Waals surface area contributed by atoms with Gasteiger partial charge < -0.3 is 4.74 Å². The molecule has 0 saturated carbocycles. The SMILES string of the molecule is CCOC(=O)c1c(C#N)ccc(CCl)c1SC(F)(F)F. The van der Waals surface area contributed by atoms with Gasteiger partial charge in [-0.3, -0.25) is 0 Å². The predicted molar refractivity (Wildman–Crippen MR) is 68.6 cm³/mol. The Morgan fingerprint density at radius 1 is 1.50 bits per heavy atom. The summed E-state index contributed by atoms with van der Waals surface area (Å²) >= 11 is 5.12. The predicted octanol–water partition coefficient (Wildman–Crippen LogP) is 4.09. The van der Waals surface area contributed by atoms with Crippen LogP contribution in [0.2, 0.25) is 0 Å². The van der Waals surface area contributed by atoms with Crippen LogP contribution in [0, 0.1) is 11.3 Å².